The molecule has 1 fully saturated rings. The van der Waals surface area contributed by atoms with Crippen molar-refractivity contribution in [3.05, 3.63) is 22.4 Å². The van der Waals surface area contributed by atoms with Crippen LogP contribution in [0.25, 0.3) is 0 Å². The van der Waals surface area contributed by atoms with E-state index >= 15 is 0 Å². The number of Topliss-reactive ketones (excluding diaryl/α,β-unsaturated/α-hetero) is 1. The zero-order chi connectivity index (χ0) is 13.7. The fourth-order valence-electron chi connectivity index (χ4n) is 2.48. The first-order valence-electron chi connectivity index (χ1n) is 6.59. The third-order valence-corrected chi connectivity index (χ3v) is 4.48. The zero-order valence-electron chi connectivity index (χ0n) is 11.5. The number of nitrogens with zero attached hydrogens (tertiary/aromatic N) is 1. The summed E-state index contributed by atoms with van der Waals surface area (Å²) in [7, 11) is 3.45. The van der Waals surface area contributed by atoms with Crippen LogP contribution in [0.5, 0.6) is 0 Å². The maximum atomic E-state index is 11.9. The molecule has 1 aromatic rings. The number of rotatable bonds is 7. The van der Waals surface area contributed by atoms with E-state index in [9.17, 15) is 4.79 Å². The monoisotopic (exact) mass is 283 g/mol. The largest absolute Gasteiger partial charge is 0.377 e. The van der Waals surface area contributed by atoms with Gasteiger partial charge in [0.2, 0.25) is 0 Å². The van der Waals surface area contributed by atoms with Gasteiger partial charge in [0.25, 0.3) is 0 Å². The van der Waals surface area contributed by atoms with Gasteiger partial charge in [-0.1, -0.05) is 6.07 Å². The van der Waals surface area contributed by atoms with Gasteiger partial charge in [0.05, 0.1) is 17.1 Å². The quantitative estimate of drug-likeness (QED) is 0.718. The second kappa shape index (κ2) is 7.14. The Labute approximate surface area is 118 Å². The maximum absolute atomic E-state index is 11.9. The highest BCUT2D eigenvalue weighted by Crippen LogP contribution is 2.17. The molecule has 1 aliphatic rings. The van der Waals surface area contributed by atoms with Crippen LogP contribution in [0.3, 0.4) is 0 Å². The van der Waals surface area contributed by atoms with Crippen LogP contribution in [0, 0.1) is 0 Å². The summed E-state index contributed by atoms with van der Waals surface area (Å²) in [5.41, 5.74) is 0. The molecule has 0 radical (unpaired) electrons. The van der Waals surface area contributed by atoms with Crippen molar-refractivity contribution in [2.45, 2.75) is 25.0 Å². The van der Waals surface area contributed by atoms with Gasteiger partial charge in [-0.15, -0.1) is 11.3 Å². The number of hydrogen-bond acceptors (Lipinski definition) is 5. The first kappa shape index (κ1) is 14.7. The second-order valence-electron chi connectivity index (χ2n) is 4.81. The first-order valence-corrected chi connectivity index (χ1v) is 7.47. The van der Waals surface area contributed by atoms with Crippen molar-refractivity contribution < 1.29 is 14.3 Å². The van der Waals surface area contributed by atoms with Crippen molar-refractivity contribution in [2.24, 2.45) is 0 Å². The van der Waals surface area contributed by atoms with E-state index in [0.717, 1.165) is 30.9 Å². The highest BCUT2D eigenvalue weighted by Gasteiger charge is 2.32. The molecule has 1 saturated heterocycles. The summed E-state index contributed by atoms with van der Waals surface area (Å²) in [6.07, 6.45) is 1.81. The van der Waals surface area contributed by atoms with E-state index in [1.807, 2.05) is 17.5 Å². The molecule has 0 amide bonds. The van der Waals surface area contributed by atoms with Gasteiger partial charge >= 0.3 is 0 Å². The van der Waals surface area contributed by atoms with Gasteiger partial charge in [-0.3, -0.25) is 9.69 Å². The standard InChI is InChI=1S/C14H21NO3S/c1-17-12-9-15(10-13(12)18-2)7-3-5-11(16)14-6-4-8-19-14/h4,6,8,12-13H,3,5,7,9-10H2,1-2H3. The van der Waals surface area contributed by atoms with Crippen LogP contribution in [0.2, 0.25) is 0 Å². The van der Waals surface area contributed by atoms with E-state index in [4.69, 9.17) is 9.47 Å². The Morgan fingerprint density at radius 3 is 2.58 bits per heavy atom. The molecule has 4 nitrogen and oxygen atoms in total. The average molecular weight is 283 g/mol. The molecule has 0 saturated carbocycles. The van der Waals surface area contributed by atoms with Crippen LogP contribution in [0.4, 0.5) is 0 Å². The lowest BCUT2D eigenvalue weighted by Gasteiger charge is -2.14. The van der Waals surface area contributed by atoms with Crippen molar-refractivity contribution in [1.82, 2.24) is 4.90 Å². The smallest absolute Gasteiger partial charge is 0.172 e. The Bertz CT molecular complexity index is 381. The maximum Gasteiger partial charge on any atom is 0.172 e. The predicted octanol–water partition coefficient (Wildman–Crippen LogP) is 2.06. The minimum Gasteiger partial charge on any atom is -0.377 e. The summed E-state index contributed by atoms with van der Waals surface area (Å²) < 4.78 is 10.8. The van der Waals surface area contributed by atoms with E-state index in [2.05, 4.69) is 4.90 Å². The molecule has 2 rings (SSSR count). The molecular formula is C14H21NO3S. The molecule has 106 valence electrons. The number of likely N-dealkylation sites (tertiary alicyclic amines) is 1. The zero-order valence-corrected chi connectivity index (χ0v) is 12.3. The number of ether oxygens (including phenoxy) is 2. The molecule has 1 aromatic heterocycles. The van der Waals surface area contributed by atoms with E-state index in [1.54, 1.807) is 14.2 Å². The third kappa shape index (κ3) is 3.86. The Morgan fingerprint density at radius 2 is 2.05 bits per heavy atom. The fourth-order valence-corrected chi connectivity index (χ4v) is 3.17. The lowest BCUT2D eigenvalue weighted by Crippen LogP contribution is -2.27. The summed E-state index contributed by atoms with van der Waals surface area (Å²) in [4.78, 5) is 15.0. The highest BCUT2D eigenvalue weighted by atomic mass is 32.1. The van der Waals surface area contributed by atoms with Crippen LogP contribution in [-0.2, 0) is 9.47 Å². The van der Waals surface area contributed by atoms with Gasteiger partial charge < -0.3 is 9.47 Å². The van der Waals surface area contributed by atoms with Gasteiger partial charge in [0.15, 0.2) is 5.78 Å². The molecule has 0 bridgehead atoms. The van der Waals surface area contributed by atoms with Crippen LogP contribution in [-0.4, -0.2) is 56.7 Å². The van der Waals surface area contributed by atoms with Gasteiger partial charge in [0.1, 0.15) is 0 Å². The van der Waals surface area contributed by atoms with Crippen LogP contribution in [0.15, 0.2) is 17.5 Å². The number of thiophene rings is 1. The Morgan fingerprint density at radius 1 is 1.37 bits per heavy atom. The average Bonchev–Trinajstić information content (AvgIpc) is 3.07. The van der Waals surface area contributed by atoms with Gasteiger partial charge in [-0.2, -0.15) is 0 Å². The molecule has 2 heterocycles. The van der Waals surface area contributed by atoms with E-state index in [-0.39, 0.29) is 18.0 Å². The van der Waals surface area contributed by atoms with Crippen molar-refractivity contribution >= 4 is 17.1 Å². The summed E-state index contributed by atoms with van der Waals surface area (Å²) >= 11 is 1.52. The van der Waals surface area contributed by atoms with E-state index in [0.29, 0.717) is 6.42 Å². The minimum atomic E-state index is 0.151. The molecular weight excluding hydrogens is 262 g/mol. The molecule has 2 unspecified atom stereocenters. The number of methoxy groups -OCH3 is 2. The lowest BCUT2D eigenvalue weighted by atomic mass is 10.2. The van der Waals surface area contributed by atoms with Crippen molar-refractivity contribution in [1.29, 1.82) is 0 Å². The van der Waals surface area contributed by atoms with Crippen molar-refractivity contribution in [3.8, 4) is 0 Å². The SMILES string of the molecule is COC1CN(CCCC(=O)c2cccs2)CC1OC. The molecule has 5 heteroatoms. The van der Waals surface area contributed by atoms with E-state index in [1.165, 1.54) is 11.3 Å². The molecule has 0 aromatic carbocycles. The number of hydrogen-bond donors (Lipinski definition) is 0. The molecule has 0 spiro atoms. The number of carbonyl (C=O) groups is 1. The molecule has 0 N–H and O–H groups in total. The first-order chi connectivity index (χ1) is 9.24. The molecule has 1 aliphatic heterocycles. The molecule has 2 atom stereocenters. The molecule has 0 aliphatic carbocycles. The van der Waals surface area contributed by atoms with E-state index < -0.39 is 0 Å². The normalized spacial score (nSPS) is 23.9. The summed E-state index contributed by atoms with van der Waals surface area (Å²) in [5.74, 6) is 0.251. The Hall–Kier alpha value is -0.750. The van der Waals surface area contributed by atoms with Crippen LogP contribution in [0.1, 0.15) is 22.5 Å². The van der Waals surface area contributed by atoms with Gasteiger partial charge in [0, 0.05) is 33.7 Å². The van der Waals surface area contributed by atoms with Crippen molar-refractivity contribution in [2.75, 3.05) is 33.9 Å². The number of carbonyl (C=O) groups excluding carboxylic acids is 1. The Balaban J connectivity index is 1.71. The van der Waals surface area contributed by atoms with Crippen molar-refractivity contribution in [3.63, 3.8) is 0 Å². The van der Waals surface area contributed by atoms with Gasteiger partial charge in [-0.25, -0.2) is 0 Å². The summed E-state index contributed by atoms with van der Waals surface area (Å²) in [5, 5.41) is 1.94. The summed E-state index contributed by atoms with van der Waals surface area (Å²) in [6, 6.07) is 3.81. The van der Waals surface area contributed by atoms with Gasteiger partial charge in [-0.05, 0) is 24.4 Å². The number of ketones is 1. The Kier molecular flexibility index (Phi) is 5.51. The lowest BCUT2D eigenvalue weighted by molar-refractivity contribution is -0.00461. The third-order valence-electron chi connectivity index (χ3n) is 3.57. The second-order valence-corrected chi connectivity index (χ2v) is 5.76. The predicted molar refractivity (Wildman–Crippen MR) is 75.9 cm³/mol. The minimum absolute atomic E-state index is 0.151. The highest BCUT2D eigenvalue weighted by molar-refractivity contribution is 7.12. The van der Waals surface area contributed by atoms with Crippen LogP contribution < -0.4 is 0 Å². The fraction of sp³-hybridized carbons (Fsp3) is 0.643. The van der Waals surface area contributed by atoms with Crippen LogP contribution >= 0.6 is 11.3 Å². The molecule has 19 heavy (non-hydrogen) atoms. The summed E-state index contributed by atoms with van der Waals surface area (Å²) in [6.45, 7) is 2.71. The topological polar surface area (TPSA) is 38.8 Å².